The van der Waals surface area contributed by atoms with E-state index >= 15 is 0 Å². The molecule has 0 unspecified atom stereocenters. The summed E-state index contributed by atoms with van der Waals surface area (Å²) < 4.78 is 29.3. The molecule has 7 heteroatoms. The molecular weight excluding hydrogens is 338 g/mol. The molecule has 0 aliphatic rings. The maximum atomic E-state index is 11.0. The van der Waals surface area contributed by atoms with E-state index in [4.69, 9.17) is 4.74 Å². The zero-order chi connectivity index (χ0) is 17.4. The number of fused-ring (bicyclic) bond motifs is 3. The second-order valence-corrected chi connectivity index (χ2v) is 6.68. The fourth-order valence-corrected chi connectivity index (χ4v) is 3.31. The van der Waals surface area contributed by atoms with Crippen LogP contribution in [0.25, 0.3) is 21.9 Å². The second-order valence-electron chi connectivity index (χ2n) is 5.65. The molecule has 6 nitrogen and oxygen atoms in total. The van der Waals surface area contributed by atoms with E-state index in [1.807, 2.05) is 36.5 Å². The number of aromatic nitrogens is 3. The van der Waals surface area contributed by atoms with Crippen LogP contribution in [0.2, 0.25) is 0 Å². The van der Waals surface area contributed by atoms with Gasteiger partial charge in [0.05, 0.1) is 17.5 Å². The first kappa shape index (κ1) is 15.6. The van der Waals surface area contributed by atoms with Crippen molar-refractivity contribution < 1.29 is 13.2 Å². The first-order valence-corrected chi connectivity index (χ1v) is 8.85. The van der Waals surface area contributed by atoms with Gasteiger partial charge in [-0.3, -0.25) is 0 Å². The van der Waals surface area contributed by atoms with Crippen LogP contribution in [0.15, 0.2) is 59.8 Å². The van der Waals surface area contributed by atoms with E-state index in [0.717, 1.165) is 21.9 Å². The highest BCUT2D eigenvalue weighted by atomic mass is 32.2. The number of benzene rings is 1. The standard InChI is InChI=1S/C18H15N3O3S/c1-24-16-7-6-15-17-13(10-19-18(15)20-16)8-9-21(17)11-12-2-4-14(5-3-12)25(22)23/h2-10,25H,11H2,1H3. The molecule has 0 radical (unpaired) electrons. The predicted molar refractivity (Wildman–Crippen MR) is 95.7 cm³/mol. The van der Waals surface area contributed by atoms with E-state index in [-0.39, 0.29) is 0 Å². The van der Waals surface area contributed by atoms with Crippen molar-refractivity contribution in [2.75, 3.05) is 7.11 Å². The van der Waals surface area contributed by atoms with Crippen LogP contribution in [0.4, 0.5) is 0 Å². The van der Waals surface area contributed by atoms with Gasteiger partial charge in [-0.1, -0.05) is 12.1 Å². The molecule has 0 aliphatic heterocycles. The average Bonchev–Trinajstić information content (AvgIpc) is 3.05. The molecule has 0 spiro atoms. The summed E-state index contributed by atoms with van der Waals surface area (Å²) in [5, 5.41) is 1.97. The van der Waals surface area contributed by atoms with Gasteiger partial charge < -0.3 is 9.30 Å². The Labute approximate surface area is 145 Å². The molecule has 4 aromatic rings. The van der Waals surface area contributed by atoms with Crippen LogP contribution < -0.4 is 4.74 Å². The van der Waals surface area contributed by atoms with E-state index in [0.29, 0.717) is 23.0 Å². The second kappa shape index (κ2) is 6.18. The van der Waals surface area contributed by atoms with Crippen molar-refractivity contribution in [3.8, 4) is 5.88 Å². The Morgan fingerprint density at radius 2 is 1.88 bits per heavy atom. The average molecular weight is 353 g/mol. The summed E-state index contributed by atoms with van der Waals surface area (Å²) in [5.41, 5.74) is 2.69. The Hall–Kier alpha value is -2.93. The van der Waals surface area contributed by atoms with Crippen molar-refractivity contribution in [1.82, 2.24) is 14.5 Å². The van der Waals surface area contributed by atoms with Crippen LogP contribution in [0.3, 0.4) is 0 Å². The SMILES string of the molecule is COc1ccc2c(ncc3ccn(Cc4ccc([SH](=O)=O)cc4)c32)n1. The summed E-state index contributed by atoms with van der Waals surface area (Å²) in [6, 6.07) is 12.7. The summed E-state index contributed by atoms with van der Waals surface area (Å²) in [5.74, 6) is 0.528. The molecule has 1 aromatic carbocycles. The fourth-order valence-electron chi connectivity index (χ4n) is 2.91. The van der Waals surface area contributed by atoms with Crippen molar-refractivity contribution in [2.45, 2.75) is 11.4 Å². The number of nitrogens with zero attached hydrogens (tertiary/aromatic N) is 3. The minimum atomic E-state index is -2.55. The maximum Gasteiger partial charge on any atom is 0.215 e. The molecule has 25 heavy (non-hydrogen) atoms. The summed E-state index contributed by atoms with van der Waals surface area (Å²) in [6.07, 6.45) is 3.80. The molecule has 0 N–H and O–H groups in total. The first-order chi connectivity index (χ1) is 12.2. The van der Waals surface area contributed by atoms with Gasteiger partial charge in [0.1, 0.15) is 0 Å². The number of ether oxygens (including phenoxy) is 1. The van der Waals surface area contributed by atoms with Gasteiger partial charge in [-0.25, -0.2) is 13.4 Å². The topological polar surface area (TPSA) is 74.1 Å². The Kier molecular flexibility index (Phi) is 3.85. The number of hydrogen-bond donors (Lipinski definition) is 1. The molecule has 0 saturated carbocycles. The van der Waals surface area contributed by atoms with Crippen molar-refractivity contribution in [2.24, 2.45) is 0 Å². The Balaban J connectivity index is 1.80. The summed E-state index contributed by atoms with van der Waals surface area (Å²) >= 11 is 0. The molecule has 0 saturated heterocycles. The lowest BCUT2D eigenvalue weighted by Crippen LogP contribution is -1.99. The molecule has 0 aliphatic carbocycles. The van der Waals surface area contributed by atoms with Gasteiger partial charge in [-0.15, -0.1) is 0 Å². The summed E-state index contributed by atoms with van der Waals surface area (Å²) in [6.45, 7) is 0.630. The Bertz CT molecular complexity index is 1140. The van der Waals surface area contributed by atoms with Gasteiger partial charge in [0.15, 0.2) is 16.4 Å². The van der Waals surface area contributed by atoms with E-state index in [1.165, 1.54) is 0 Å². The van der Waals surface area contributed by atoms with Gasteiger partial charge in [-0.05, 0) is 29.8 Å². The van der Waals surface area contributed by atoms with Crippen LogP contribution in [-0.2, 0) is 17.2 Å². The van der Waals surface area contributed by atoms with E-state index < -0.39 is 10.7 Å². The number of rotatable bonds is 4. The minimum absolute atomic E-state index is 0.321. The third kappa shape index (κ3) is 2.83. The van der Waals surface area contributed by atoms with Gasteiger partial charge in [0.2, 0.25) is 5.88 Å². The molecule has 0 fully saturated rings. The molecule has 0 atom stereocenters. The monoisotopic (exact) mass is 353 g/mol. The molecule has 0 amide bonds. The van der Waals surface area contributed by atoms with Crippen LogP contribution in [0.1, 0.15) is 5.56 Å². The van der Waals surface area contributed by atoms with Crippen LogP contribution in [0, 0.1) is 0 Å². The lowest BCUT2D eigenvalue weighted by atomic mass is 10.2. The molecular formula is C18H15N3O3S. The highest BCUT2D eigenvalue weighted by Gasteiger charge is 2.09. The third-order valence-electron chi connectivity index (χ3n) is 4.13. The van der Waals surface area contributed by atoms with Crippen molar-refractivity contribution in [1.29, 1.82) is 0 Å². The van der Waals surface area contributed by atoms with Gasteiger partial charge >= 0.3 is 0 Å². The molecule has 126 valence electrons. The van der Waals surface area contributed by atoms with E-state index in [9.17, 15) is 8.42 Å². The van der Waals surface area contributed by atoms with E-state index in [2.05, 4.69) is 14.5 Å². The molecule has 3 aromatic heterocycles. The molecule has 0 bridgehead atoms. The van der Waals surface area contributed by atoms with Gasteiger partial charge in [-0.2, -0.15) is 4.98 Å². The Morgan fingerprint density at radius 3 is 2.60 bits per heavy atom. The predicted octanol–water partition coefficient (Wildman–Crippen LogP) is 2.61. The largest absolute Gasteiger partial charge is 0.481 e. The summed E-state index contributed by atoms with van der Waals surface area (Å²) in [7, 11) is -0.972. The molecule has 3 heterocycles. The zero-order valence-corrected chi connectivity index (χ0v) is 14.3. The maximum absolute atomic E-state index is 11.0. The van der Waals surface area contributed by atoms with Crippen LogP contribution >= 0.6 is 0 Å². The minimum Gasteiger partial charge on any atom is -0.481 e. The lowest BCUT2D eigenvalue weighted by molar-refractivity contribution is 0.399. The van der Waals surface area contributed by atoms with Crippen LogP contribution in [-0.4, -0.2) is 30.1 Å². The van der Waals surface area contributed by atoms with E-state index in [1.54, 1.807) is 25.4 Å². The van der Waals surface area contributed by atoms with Crippen molar-refractivity contribution in [3.05, 3.63) is 60.4 Å². The fraction of sp³-hybridized carbons (Fsp3) is 0.111. The number of thiol groups is 1. The normalized spacial score (nSPS) is 11.4. The van der Waals surface area contributed by atoms with Gasteiger partial charge in [0.25, 0.3) is 0 Å². The van der Waals surface area contributed by atoms with Gasteiger partial charge in [0, 0.05) is 35.8 Å². The lowest BCUT2D eigenvalue weighted by Gasteiger charge is -2.08. The highest BCUT2D eigenvalue weighted by Crippen LogP contribution is 2.26. The zero-order valence-electron chi connectivity index (χ0n) is 13.4. The summed E-state index contributed by atoms with van der Waals surface area (Å²) in [4.78, 5) is 9.11. The van der Waals surface area contributed by atoms with Crippen LogP contribution in [0.5, 0.6) is 5.88 Å². The quantitative estimate of drug-likeness (QED) is 0.571. The molecule has 4 rings (SSSR count). The smallest absolute Gasteiger partial charge is 0.215 e. The number of pyridine rings is 2. The van der Waals surface area contributed by atoms with Crippen molar-refractivity contribution in [3.63, 3.8) is 0 Å². The van der Waals surface area contributed by atoms with Crippen molar-refractivity contribution >= 4 is 32.6 Å². The first-order valence-electron chi connectivity index (χ1n) is 7.67. The third-order valence-corrected chi connectivity index (χ3v) is 4.85. The number of methoxy groups -OCH3 is 1. The highest BCUT2D eigenvalue weighted by molar-refractivity contribution is 7.72. The number of hydrogen-bond acceptors (Lipinski definition) is 5. The Morgan fingerprint density at radius 1 is 1.08 bits per heavy atom.